The van der Waals surface area contributed by atoms with Gasteiger partial charge < -0.3 is 14.5 Å². The van der Waals surface area contributed by atoms with Crippen LogP contribution < -0.4 is 0 Å². The Morgan fingerprint density at radius 3 is 2.96 bits per heavy atom. The zero-order chi connectivity index (χ0) is 16.2. The van der Waals surface area contributed by atoms with Gasteiger partial charge in [0.2, 0.25) is 0 Å². The summed E-state index contributed by atoms with van der Waals surface area (Å²) in [6.07, 6.45) is 7.19. The van der Waals surface area contributed by atoms with Gasteiger partial charge in [-0.15, -0.1) is 0 Å². The first-order valence-electron chi connectivity index (χ1n) is 8.77. The van der Waals surface area contributed by atoms with Gasteiger partial charge in [-0.1, -0.05) is 6.92 Å². The van der Waals surface area contributed by atoms with Crippen molar-refractivity contribution >= 4 is 5.91 Å². The van der Waals surface area contributed by atoms with Crippen molar-refractivity contribution in [2.75, 3.05) is 39.8 Å². The Balaban J connectivity index is 1.65. The van der Waals surface area contributed by atoms with Crippen LogP contribution in [0.25, 0.3) is 0 Å². The van der Waals surface area contributed by atoms with E-state index in [1.807, 2.05) is 15.8 Å². The molecule has 1 amide bonds. The first kappa shape index (κ1) is 16.5. The Morgan fingerprint density at radius 2 is 2.26 bits per heavy atom. The molecule has 2 fully saturated rings. The third-order valence-corrected chi connectivity index (χ3v) is 4.56. The second-order valence-corrected chi connectivity index (χ2v) is 6.90. The predicted molar refractivity (Wildman–Crippen MR) is 88.4 cm³/mol. The van der Waals surface area contributed by atoms with E-state index in [1.165, 1.54) is 12.8 Å². The summed E-state index contributed by atoms with van der Waals surface area (Å²) < 4.78 is 7.71. The van der Waals surface area contributed by atoms with Crippen LogP contribution in [0.15, 0.2) is 12.4 Å². The standard InChI is InChI=1S/C17H28N4O2/c1-3-6-21-11-15(9-18-21)17(22)20(10-14-4-5-14)13-16-12-19(2)7-8-23-16/h9,11,14,16H,3-8,10,12-13H2,1-2H3/t16-/m0/s1. The Morgan fingerprint density at radius 1 is 1.43 bits per heavy atom. The van der Waals surface area contributed by atoms with Crippen LogP contribution in [0.3, 0.4) is 0 Å². The monoisotopic (exact) mass is 320 g/mol. The summed E-state index contributed by atoms with van der Waals surface area (Å²) in [4.78, 5) is 17.1. The average molecular weight is 320 g/mol. The lowest BCUT2D eigenvalue weighted by atomic mass is 10.2. The number of rotatable bonds is 7. The number of carbonyl (C=O) groups excluding carboxylic acids is 1. The predicted octanol–water partition coefficient (Wildman–Crippen LogP) is 1.48. The molecule has 1 saturated carbocycles. The first-order chi connectivity index (χ1) is 11.2. The normalized spacial score (nSPS) is 22.3. The molecule has 0 radical (unpaired) electrons. The molecule has 0 N–H and O–H groups in total. The fraction of sp³-hybridized carbons (Fsp3) is 0.765. The zero-order valence-electron chi connectivity index (χ0n) is 14.3. The number of hydrogen-bond acceptors (Lipinski definition) is 4. The quantitative estimate of drug-likeness (QED) is 0.763. The maximum Gasteiger partial charge on any atom is 0.257 e. The molecule has 1 aliphatic heterocycles. The van der Waals surface area contributed by atoms with Crippen molar-refractivity contribution < 1.29 is 9.53 Å². The van der Waals surface area contributed by atoms with Crippen LogP contribution in [0.2, 0.25) is 0 Å². The molecule has 0 bridgehead atoms. The molecule has 1 aromatic heterocycles. The molecule has 0 spiro atoms. The van der Waals surface area contributed by atoms with Crippen LogP contribution >= 0.6 is 0 Å². The molecule has 3 rings (SSSR count). The number of morpholine rings is 1. The van der Waals surface area contributed by atoms with Crippen molar-refractivity contribution in [1.29, 1.82) is 0 Å². The number of carbonyl (C=O) groups is 1. The largest absolute Gasteiger partial charge is 0.374 e. The number of ether oxygens (including phenoxy) is 1. The van der Waals surface area contributed by atoms with Crippen LogP contribution in [0.5, 0.6) is 0 Å². The molecule has 2 heterocycles. The highest BCUT2D eigenvalue weighted by Gasteiger charge is 2.30. The summed E-state index contributed by atoms with van der Waals surface area (Å²) in [5.74, 6) is 0.766. The van der Waals surface area contributed by atoms with Gasteiger partial charge in [-0.05, 0) is 32.2 Å². The minimum atomic E-state index is 0.0936. The lowest BCUT2D eigenvalue weighted by Gasteiger charge is -2.34. The molecule has 23 heavy (non-hydrogen) atoms. The van der Waals surface area contributed by atoms with E-state index in [-0.39, 0.29) is 12.0 Å². The number of aromatic nitrogens is 2. The molecule has 0 aromatic carbocycles. The van der Waals surface area contributed by atoms with Crippen molar-refractivity contribution in [3.05, 3.63) is 18.0 Å². The van der Waals surface area contributed by atoms with Gasteiger partial charge in [-0.2, -0.15) is 5.10 Å². The maximum absolute atomic E-state index is 12.9. The van der Waals surface area contributed by atoms with Gasteiger partial charge in [-0.25, -0.2) is 0 Å². The Hall–Kier alpha value is -1.40. The summed E-state index contributed by atoms with van der Waals surface area (Å²) in [5, 5.41) is 4.29. The number of aryl methyl sites for hydroxylation is 1. The van der Waals surface area contributed by atoms with Crippen molar-refractivity contribution in [2.45, 2.75) is 38.8 Å². The molecule has 2 aliphatic rings. The zero-order valence-corrected chi connectivity index (χ0v) is 14.3. The highest BCUT2D eigenvalue weighted by atomic mass is 16.5. The molecule has 6 heteroatoms. The molecule has 1 aromatic rings. The second-order valence-electron chi connectivity index (χ2n) is 6.90. The van der Waals surface area contributed by atoms with Crippen molar-refractivity contribution in [2.24, 2.45) is 5.92 Å². The number of hydrogen-bond donors (Lipinski definition) is 0. The van der Waals surface area contributed by atoms with Crippen LogP contribution in [-0.2, 0) is 11.3 Å². The fourth-order valence-corrected chi connectivity index (χ4v) is 3.08. The van der Waals surface area contributed by atoms with Crippen molar-refractivity contribution in [3.8, 4) is 0 Å². The van der Waals surface area contributed by atoms with E-state index >= 15 is 0 Å². The van der Waals surface area contributed by atoms with E-state index in [1.54, 1.807) is 6.20 Å². The molecule has 0 unspecified atom stereocenters. The van der Waals surface area contributed by atoms with Gasteiger partial charge in [0, 0.05) is 38.9 Å². The first-order valence-corrected chi connectivity index (χ1v) is 8.77. The summed E-state index contributed by atoms with van der Waals surface area (Å²) in [7, 11) is 2.11. The van der Waals surface area contributed by atoms with Gasteiger partial charge >= 0.3 is 0 Å². The number of amides is 1. The lowest BCUT2D eigenvalue weighted by molar-refractivity contribution is -0.0331. The van der Waals surface area contributed by atoms with Crippen LogP contribution in [0.4, 0.5) is 0 Å². The van der Waals surface area contributed by atoms with Gasteiger partial charge in [0.05, 0.1) is 24.5 Å². The summed E-state index contributed by atoms with van der Waals surface area (Å²) in [6.45, 7) is 7.10. The lowest BCUT2D eigenvalue weighted by Crippen LogP contribution is -2.48. The molecule has 1 saturated heterocycles. The minimum absolute atomic E-state index is 0.0936. The van der Waals surface area contributed by atoms with E-state index in [0.29, 0.717) is 18.0 Å². The topological polar surface area (TPSA) is 50.6 Å². The highest BCUT2D eigenvalue weighted by Crippen LogP contribution is 2.30. The van der Waals surface area contributed by atoms with Gasteiger partial charge in [0.15, 0.2) is 0 Å². The molecule has 128 valence electrons. The van der Waals surface area contributed by atoms with E-state index in [9.17, 15) is 4.79 Å². The summed E-state index contributed by atoms with van der Waals surface area (Å²) in [5.41, 5.74) is 0.697. The third-order valence-electron chi connectivity index (χ3n) is 4.56. The fourth-order valence-electron chi connectivity index (χ4n) is 3.08. The van der Waals surface area contributed by atoms with E-state index < -0.39 is 0 Å². The average Bonchev–Trinajstić information content (AvgIpc) is 3.22. The Kier molecular flexibility index (Phi) is 5.33. The molecule has 1 atom stereocenters. The van der Waals surface area contributed by atoms with Gasteiger partial charge in [-0.3, -0.25) is 9.48 Å². The van der Waals surface area contributed by atoms with Gasteiger partial charge in [0.25, 0.3) is 5.91 Å². The third kappa shape index (κ3) is 4.54. The van der Waals surface area contributed by atoms with E-state index in [2.05, 4.69) is 24.0 Å². The van der Waals surface area contributed by atoms with Crippen LogP contribution in [-0.4, -0.2) is 71.4 Å². The van der Waals surface area contributed by atoms with Crippen LogP contribution in [0, 0.1) is 5.92 Å². The Bertz CT molecular complexity index is 526. The SMILES string of the molecule is CCCn1cc(C(=O)N(CC2CC2)C[C@@H]2CN(C)CCO2)cn1. The number of likely N-dealkylation sites (N-methyl/N-ethyl adjacent to an activating group) is 1. The molecular formula is C17H28N4O2. The maximum atomic E-state index is 12.9. The van der Waals surface area contributed by atoms with Gasteiger partial charge in [0.1, 0.15) is 0 Å². The highest BCUT2D eigenvalue weighted by molar-refractivity contribution is 5.93. The van der Waals surface area contributed by atoms with E-state index in [0.717, 1.165) is 39.2 Å². The Labute approximate surface area is 138 Å². The van der Waals surface area contributed by atoms with E-state index in [4.69, 9.17) is 4.74 Å². The minimum Gasteiger partial charge on any atom is -0.374 e. The molecular weight excluding hydrogens is 292 g/mol. The van der Waals surface area contributed by atoms with Crippen LogP contribution in [0.1, 0.15) is 36.5 Å². The second kappa shape index (κ2) is 7.45. The van der Waals surface area contributed by atoms with Crippen molar-refractivity contribution in [1.82, 2.24) is 19.6 Å². The summed E-state index contributed by atoms with van der Waals surface area (Å²) in [6, 6.07) is 0. The molecule has 6 nitrogen and oxygen atoms in total. The number of nitrogens with zero attached hydrogens (tertiary/aromatic N) is 4. The summed E-state index contributed by atoms with van der Waals surface area (Å²) >= 11 is 0. The van der Waals surface area contributed by atoms with Crippen molar-refractivity contribution in [3.63, 3.8) is 0 Å². The smallest absolute Gasteiger partial charge is 0.257 e. The molecule has 1 aliphatic carbocycles.